The standard InChI is InChI=1S/C18H16BrNO/c19-12-9-10-17-15(11-12)14-7-4-8-16(18(14)21-17)20-13-5-2-1-3-6-13/h1-3,5-6,9-11,16,20H,4,7-8H2. The maximum atomic E-state index is 6.15. The maximum Gasteiger partial charge on any atom is 0.134 e. The molecule has 1 aliphatic rings. The van der Waals surface area contributed by atoms with Gasteiger partial charge in [-0.15, -0.1) is 0 Å². The summed E-state index contributed by atoms with van der Waals surface area (Å²) in [5.74, 6) is 1.11. The van der Waals surface area contributed by atoms with Gasteiger partial charge in [-0.05, 0) is 49.6 Å². The van der Waals surface area contributed by atoms with E-state index in [0.29, 0.717) is 0 Å². The van der Waals surface area contributed by atoms with Crippen LogP contribution in [0.1, 0.15) is 30.2 Å². The number of rotatable bonds is 2. The summed E-state index contributed by atoms with van der Waals surface area (Å²) >= 11 is 3.56. The number of furan rings is 1. The lowest BCUT2D eigenvalue weighted by atomic mass is 9.92. The van der Waals surface area contributed by atoms with Crippen LogP contribution in [0.5, 0.6) is 0 Å². The van der Waals surface area contributed by atoms with E-state index < -0.39 is 0 Å². The molecule has 0 spiro atoms. The van der Waals surface area contributed by atoms with E-state index in [1.165, 1.54) is 17.4 Å². The van der Waals surface area contributed by atoms with Crippen molar-refractivity contribution in [2.24, 2.45) is 0 Å². The minimum Gasteiger partial charge on any atom is -0.459 e. The molecule has 1 heterocycles. The van der Waals surface area contributed by atoms with Crippen molar-refractivity contribution in [2.45, 2.75) is 25.3 Å². The molecule has 3 aromatic rings. The van der Waals surface area contributed by atoms with Gasteiger partial charge in [-0.2, -0.15) is 0 Å². The van der Waals surface area contributed by atoms with Crippen LogP contribution in [0.4, 0.5) is 5.69 Å². The predicted molar refractivity (Wildman–Crippen MR) is 89.7 cm³/mol. The van der Waals surface area contributed by atoms with Gasteiger partial charge in [-0.25, -0.2) is 0 Å². The Morgan fingerprint density at radius 1 is 1.10 bits per heavy atom. The second kappa shape index (κ2) is 5.23. The lowest BCUT2D eigenvalue weighted by molar-refractivity contribution is 0.459. The van der Waals surface area contributed by atoms with Crippen molar-refractivity contribution >= 4 is 32.6 Å². The molecule has 0 amide bonds. The second-order valence-electron chi connectivity index (χ2n) is 5.54. The number of aryl methyl sites for hydroxylation is 1. The molecule has 1 N–H and O–H groups in total. The summed E-state index contributed by atoms with van der Waals surface area (Å²) in [5, 5.41) is 4.86. The summed E-state index contributed by atoms with van der Waals surface area (Å²) < 4.78 is 7.26. The van der Waals surface area contributed by atoms with Crippen molar-refractivity contribution in [3.05, 3.63) is 64.3 Å². The van der Waals surface area contributed by atoms with Gasteiger partial charge in [0.1, 0.15) is 11.3 Å². The fourth-order valence-electron chi connectivity index (χ4n) is 3.17. The first-order chi connectivity index (χ1) is 10.3. The smallest absolute Gasteiger partial charge is 0.134 e. The Labute approximate surface area is 132 Å². The molecule has 0 bridgehead atoms. The second-order valence-corrected chi connectivity index (χ2v) is 6.46. The summed E-state index contributed by atoms with van der Waals surface area (Å²) in [7, 11) is 0. The van der Waals surface area contributed by atoms with E-state index in [0.717, 1.165) is 34.3 Å². The van der Waals surface area contributed by atoms with Gasteiger partial charge < -0.3 is 9.73 Å². The molecular weight excluding hydrogens is 326 g/mol. The highest BCUT2D eigenvalue weighted by Gasteiger charge is 2.26. The molecule has 2 nitrogen and oxygen atoms in total. The van der Waals surface area contributed by atoms with Crippen LogP contribution in [-0.2, 0) is 6.42 Å². The Balaban J connectivity index is 1.76. The van der Waals surface area contributed by atoms with E-state index in [2.05, 4.69) is 57.6 Å². The highest BCUT2D eigenvalue weighted by Crippen LogP contribution is 2.39. The average molecular weight is 342 g/mol. The molecule has 3 heteroatoms. The van der Waals surface area contributed by atoms with Crippen LogP contribution in [0.25, 0.3) is 11.0 Å². The Kier molecular flexibility index (Phi) is 3.23. The zero-order valence-electron chi connectivity index (χ0n) is 11.6. The van der Waals surface area contributed by atoms with E-state index in [9.17, 15) is 0 Å². The monoisotopic (exact) mass is 341 g/mol. The molecule has 1 unspecified atom stereocenters. The maximum absolute atomic E-state index is 6.15. The number of halogens is 1. The third kappa shape index (κ3) is 2.36. The number of hydrogen-bond acceptors (Lipinski definition) is 2. The van der Waals surface area contributed by atoms with Crippen molar-refractivity contribution in [3.63, 3.8) is 0 Å². The van der Waals surface area contributed by atoms with Gasteiger partial charge >= 0.3 is 0 Å². The number of nitrogens with one attached hydrogen (secondary N) is 1. The molecule has 0 saturated carbocycles. The fourth-order valence-corrected chi connectivity index (χ4v) is 3.53. The molecule has 2 aromatic carbocycles. The molecule has 0 aliphatic heterocycles. The van der Waals surface area contributed by atoms with E-state index in [1.807, 2.05) is 12.1 Å². The Bertz CT molecular complexity index is 779. The predicted octanol–water partition coefficient (Wildman–Crippen LogP) is 5.68. The van der Waals surface area contributed by atoms with Crippen LogP contribution in [0.2, 0.25) is 0 Å². The topological polar surface area (TPSA) is 25.2 Å². The molecule has 1 atom stereocenters. The lowest BCUT2D eigenvalue weighted by Crippen LogP contribution is -2.15. The van der Waals surface area contributed by atoms with E-state index >= 15 is 0 Å². The number of hydrogen-bond donors (Lipinski definition) is 1. The van der Waals surface area contributed by atoms with Gasteiger partial charge in [0.05, 0.1) is 6.04 Å². The van der Waals surface area contributed by atoms with Gasteiger partial charge in [0.15, 0.2) is 0 Å². The Hall–Kier alpha value is -1.74. The van der Waals surface area contributed by atoms with Crippen molar-refractivity contribution in [3.8, 4) is 0 Å². The summed E-state index contributed by atoms with van der Waals surface area (Å²) in [5.41, 5.74) is 3.51. The molecule has 106 valence electrons. The third-order valence-corrected chi connectivity index (χ3v) is 4.63. The minimum absolute atomic E-state index is 0.266. The number of anilines is 1. The van der Waals surface area contributed by atoms with Gasteiger partial charge in [0, 0.05) is 21.1 Å². The van der Waals surface area contributed by atoms with Crippen LogP contribution < -0.4 is 5.32 Å². The Morgan fingerprint density at radius 2 is 1.95 bits per heavy atom. The van der Waals surface area contributed by atoms with Gasteiger partial charge in [-0.1, -0.05) is 34.1 Å². The largest absolute Gasteiger partial charge is 0.459 e. The molecule has 1 aromatic heterocycles. The first-order valence-electron chi connectivity index (χ1n) is 7.34. The molecule has 4 rings (SSSR count). The zero-order valence-corrected chi connectivity index (χ0v) is 13.2. The van der Waals surface area contributed by atoms with Crippen LogP contribution in [0.3, 0.4) is 0 Å². The molecule has 0 radical (unpaired) electrons. The number of para-hydroxylation sites is 1. The van der Waals surface area contributed by atoms with Gasteiger partial charge in [0.25, 0.3) is 0 Å². The molecular formula is C18H16BrNO. The average Bonchev–Trinajstić information content (AvgIpc) is 2.88. The highest BCUT2D eigenvalue weighted by molar-refractivity contribution is 9.10. The first kappa shape index (κ1) is 13.0. The van der Waals surface area contributed by atoms with Crippen molar-refractivity contribution in [2.75, 3.05) is 5.32 Å². The molecule has 21 heavy (non-hydrogen) atoms. The van der Waals surface area contributed by atoms with E-state index in [4.69, 9.17) is 4.42 Å². The minimum atomic E-state index is 0.266. The highest BCUT2D eigenvalue weighted by atomic mass is 79.9. The van der Waals surface area contributed by atoms with Crippen molar-refractivity contribution < 1.29 is 4.42 Å². The van der Waals surface area contributed by atoms with Crippen LogP contribution in [0, 0.1) is 0 Å². The summed E-state index contributed by atoms with van der Waals surface area (Å²) in [6.07, 6.45) is 3.41. The molecule has 0 saturated heterocycles. The van der Waals surface area contributed by atoms with Crippen LogP contribution in [0.15, 0.2) is 57.4 Å². The summed E-state index contributed by atoms with van der Waals surface area (Å²) in [6, 6.07) is 16.9. The summed E-state index contributed by atoms with van der Waals surface area (Å²) in [4.78, 5) is 0. The SMILES string of the molecule is Brc1ccc2oc3c(c2c1)CCCC3Nc1ccccc1. The van der Waals surface area contributed by atoms with Crippen molar-refractivity contribution in [1.82, 2.24) is 0 Å². The summed E-state index contributed by atoms with van der Waals surface area (Å²) in [6.45, 7) is 0. The number of benzene rings is 2. The van der Waals surface area contributed by atoms with Gasteiger partial charge in [0.2, 0.25) is 0 Å². The van der Waals surface area contributed by atoms with Crippen LogP contribution in [-0.4, -0.2) is 0 Å². The van der Waals surface area contributed by atoms with Gasteiger partial charge in [-0.3, -0.25) is 0 Å². The molecule has 0 fully saturated rings. The molecule has 1 aliphatic carbocycles. The van der Waals surface area contributed by atoms with E-state index in [1.54, 1.807) is 0 Å². The zero-order chi connectivity index (χ0) is 14.2. The quantitative estimate of drug-likeness (QED) is 0.648. The normalized spacial score (nSPS) is 17.7. The van der Waals surface area contributed by atoms with E-state index in [-0.39, 0.29) is 6.04 Å². The fraction of sp³-hybridized carbons (Fsp3) is 0.222. The lowest BCUT2D eigenvalue weighted by Gasteiger charge is -2.23. The number of fused-ring (bicyclic) bond motifs is 3. The first-order valence-corrected chi connectivity index (χ1v) is 8.13. The Morgan fingerprint density at radius 3 is 2.81 bits per heavy atom. The third-order valence-electron chi connectivity index (χ3n) is 4.13. The van der Waals surface area contributed by atoms with Crippen LogP contribution >= 0.6 is 15.9 Å². The van der Waals surface area contributed by atoms with Crippen molar-refractivity contribution in [1.29, 1.82) is 0 Å².